The van der Waals surface area contributed by atoms with Crippen LogP contribution in [0.1, 0.15) is 51.0 Å². The van der Waals surface area contributed by atoms with Crippen LogP contribution >= 0.6 is 0 Å². The van der Waals surface area contributed by atoms with Gasteiger partial charge in [0.25, 0.3) is 5.56 Å². The molecule has 3 aromatic carbocycles. The monoisotopic (exact) mass is 498 g/mol. The second kappa shape index (κ2) is 11.7. The number of amides is 2. The highest BCUT2D eigenvalue weighted by atomic mass is 16.5. The average molecular weight is 499 g/mol. The number of benzene rings is 3. The first-order chi connectivity index (χ1) is 18.0. The Morgan fingerprint density at radius 1 is 1.03 bits per heavy atom. The molecule has 0 radical (unpaired) electrons. The summed E-state index contributed by atoms with van der Waals surface area (Å²) in [5.41, 5.74) is 2.94. The second-order valence-electron chi connectivity index (χ2n) is 9.00. The van der Waals surface area contributed by atoms with E-state index < -0.39 is 6.04 Å². The van der Waals surface area contributed by atoms with Gasteiger partial charge < -0.3 is 15.0 Å². The molecular formula is C30H34N4O3. The van der Waals surface area contributed by atoms with Crippen LogP contribution in [0.25, 0.3) is 16.6 Å². The third-order valence-corrected chi connectivity index (χ3v) is 6.61. The van der Waals surface area contributed by atoms with Gasteiger partial charge in [-0.25, -0.2) is 9.78 Å². The molecule has 0 aliphatic heterocycles. The van der Waals surface area contributed by atoms with Crippen molar-refractivity contribution in [3.63, 3.8) is 0 Å². The number of urea groups is 1. The zero-order chi connectivity index (χ0) is 26.4. The summed E-state index contributed by atoms with van der Waals surface area (Å²) >= 11 is 0. The molecule has 0 saturated heterocycles. The summed E-state index contributed by atoms with van der Waals surface area (Å²) in [5.74, 6) is 1.09. The molecule has 1 unspecified atom stereocenters. The van der Waals surface area contributed by atoms with E-state index in [1.54, 1.807) is 34.8 Å². The Balaban J connectivity index is 1.82. The Morgan fingerprint density at radius 3 is 2.43 bits per heavy atom. The first-order valence-electron chi connectivity index (χ1n) is 12.8. The highest BCUT2D eigenvalue weighted by molar-refractivity contribution is 5.91. The molecule has 2 amide bonds. The number of nitrogens with zero attached hydrogens (tertiary/aromatic N) is 3. The van der Waals surface area contributed by atoms with Crippen LogP contribution < -0.4 is 15.6 Å². The van der Waals surface area contributed by atoms with Crippen molar-refractivity contribution >= 4 is 22.6 Å². The molecule has 0 spiro atoms. The summed E-state index contributed by atoms with van der Waals surface area (Å²) < 4.78 is 7.06. The smallest absolute Gasteiger partial charge is 0.322 e. The quantitative estimate of drug-likeness (QED) is 0.292. The van der Waals surface area contributed by atoms with Crippen LogP contribution in [0.5, 0.6) is 5.75 Å². The molecule has 0 fully saturated rings. The minimum absolute atomic E-state index is 0.155. The number of para-hydroxylation sites is 3. The summed E-state index contributed by atoms with van der Waals surface area (Å²) in [4.78, 5) is 34.1. The molecule has 0 aliphatic carbocycles. The molecule has 0 saturated carbocycles. The van der Waals surface area contributed by atoms with Crippen molar-refractivity contribution in [2.24, 2.45) is 0 Å². The summed E-state index contributed by atoms with van der Waals surface area (Å²) in [5, 5.41) is 3.53. The van der Waals surface area contributed by atoms with Gasteiger partial charge in [0, 0.05) is 6.54 Å². The van der Waals surface area contributed by atoms with Gasteiger partial charge in [-0.2, -0.15) is 0 Å². The Kier molecular flexibility index (Phi) is 8.23. The number of carbonyl (C=O) groups is 1. The molecule has 1 atom stereocenters. The number of unbranched alkanes of at least 4 members (excludes halogenated alkanes) is 1. The van der Waals surface area contributed by atoms with Crippen LogP contribution in [0.3, 0.4) is 0 Å². The number of anilines is 1. The van der Waals surface area contributed by atoms with Crippen LogP contribution in [-0.2, 0) is 6.42 Å². The SMILES string of the molecule is CCCCN(C(=O)Nc1ccccc1OC)C(C)c1nc2ccccc2c(=O)n1-c1ccc(CC)cc1. The van der Waals surface area contributed by atoms with Crippen molar-refractivity contribution in [3.05, 3.63) is 94.5 Å². The van der Waals surface area contributed by atoms with Crippen LogP contribution in [0, 0.1) is 0 Å². The van der Waals surface area contributed by atoms with E-state index in [1.807, 2.05) is 61.5 Å². The Hall–Kier alpha value is -4.13. The standard InChI is InChI=1S/C30H34N4O3/c1-5-7-20-33(30(36)32-26-14-10-11-15-27(26)37-4)21(3)28-31-25-13-9-8-12-24(25)29(35)34(28)23-18-16-22(6-2)17-19-23/h8-19,21H,5-7,20H2,1-4H3,(H,32,36). The Labute approximate surface area is 217 Å². The maximum Gasteiger partial charge on any atom is 0.322 e. The normalized spacial score (nSPS) is 11.8. The largest absolute Gasteiger partial charge is 0.495 e. The molecule has 7 nitrogen and oxygen atoms in total. The van der Waals surface area contributed by atoms with Crippen molar-refractivity contribution in [2.75, 3.05) is 19.0 Å². The average Bonchev–Trinajstić information content (AvgIpc) is 2.93. The van der Waals surface area contributed by atoms with E-state index in [9.17, 15) is 9.59 Å². The molecular weight excluding hydrogens is 464 g/mol. The second-order valence-corrected chi connectivity index (χ2v) is 9.00. The van der Waals surface area contributed by atoms with E-state index in [2.05, 4.69) is 19.2 Å². The van der Waals surface area contributed by atoms with Crippen LogP contribution in [0.4, 0.5) is 10.5 Å². The fraction of sp³-hybridized carbons (Fsp3) is 0.300. The van der Waals surface area contributed by atoms with E-state index in [4.69, 9.17) is 9.72 Å². The number of hydrogen-bond donors (Lipinski definition) is 1. The Morgan fingerprint density at radius 2 is 1.73 bits per heavy atom. The number of methoxy groups -OCH3 is 1. The fourth-order valence-electron chi connectivity index (χ4n) is 4.43. The summed E-state index contributed by atoms with van der Waals surface area (Å²) in [6.07, 6.45) is 2.64. The predicted molar refractivity (Wildman–Crippen MR) is 149 cm³/mol. The van der Waals surface area contributed by atoms with Crippen molar-refractivity contribution in [3.8, 4) is 11.4 Å². The molecule has 4 rings (SSSR count). The van der Waals surface area contributed by atoms with E-state index >= 15 is 0 Å². The van der Waals surface area contributed by atoms with Gasteiger partial charge in [0.2, 0.25) is 0 Å². The van der Waals surface area contributed by atoms with Crippen LogP contribution in [0.15, 0.2) is 77.6 Å². The van der Waals surface area contributed by atoms with E-state index in [0.29, 0.717) is 34.7 Å². The minimum Gasteiger partial charge on any atom is -0.495 e. The zero-order valence-corrected chi connectivity index (χ0v) is 21.9. The van der Waals surface area contributed by atoms with Crippen molar-refractivity contribution in [1.82, 2.24) is 14.5 Å². The van der Waals surface area contributed by atoms with Crippen molar-refractivity contribution < 1.29 is 9.53 Å². The molecule has 0 aliphatic rings. The lowest BCUT2D eigenvalue weighted by Crippen LogP contribution is -2.40. The molecule has 1 N–H and O–H groups in total. The van der Waals surface area contributed by atoms with Gasteiger partial charge in [0.05, 0.1) is 35.4 Å². The van der Waals surface area contributed by atoms with Gasteiger partial charge in [-0.3, -0.25) is 9.36 Å². The topological polar surface area (TPSA) is 76.5 Å². The van der Waals surface area contributed by atoms with E-state index in [0.717, 1.165) is 24.9 Å². The number of rotatable bonds is 9. The number of carbonyl (C=O) groups excluding carboxylic acids is 1. The highest BCUT2D eigenvalue weighted by Crippen LogP contribution is 2.27. The van der Waals surface area contributed by atoms with Gasteiger partial charge in [-0.1, -0.05) is 56.7 Å². The summed E-state index contributed by atoms with van der Waals surface area (Å²) in [7, 11) is 1.57. The van der Waals surface area contributed by atoms with Crippen molar-refractivity contribution in [2.45, 2.75) is 46.1 Å². The van der Waals surface area contributed by atoms with Crippen LogP contribution in [-0.4, -0.2) is 34.1 Å². The molecule has 0 bridgehead atoms. The summed E-state index contributed by atoms with van der Waals surface area (Å²) in [6, 6.07) is 21.8. The third kappa shape index (κ3) is 5.50. The molecule has 192 valence electrons. The molecule has 37 heavy (non-hydrogen) atoms. The maximum atomic E-state index is 13.8. The first kappa shape index (κ1) is 25.9. The highest BCUT2D eigenvalue weighted by Gasteiger charge is 2.27. The molecule has 1 aromatic heterocycles. The first-order valence-corrected chi connectivity index (χ1v) is 12.8. The van der Waals surface area contributed by atoms with Gasteiger partial charge in [0.15, 0.2) is 0 Å². The lowest BCUT2D eigenvalue weighted by molar-refractivity contribution is 0.188. The number of nitrogens with one attached hydrogen (secondary N) is 1. The number of aromatic nitrogens is 2. The van der Waals surface area contributed by atoms with Crippen LogP contribution in [0.2, 0.25) is 0 Å². The number of ether oxygens (including phenoxy) is 1. The van der Waals surface area contributed by atoms with Crippen molar-refractivity contribution in [1.29, 1.82) is 0 Å². The fourth-order valence-corrected chi connectivity index (χ4v) is 4.43. The van der Waals surface area contributed by atoms with E-state index in [1.165, 1.54) is 5.56 Å². The third-order valence-electron chi connectivity index (χ3n) is 6.61. The lowest BCUT2D eigenvalue weighted by atomic mass is 10.1. The predicted octanol–water partition coefficient (Wildman–Crippen LogP) is 6.35. The van der Waals surface area contributed by atoms with Gasteiger partial charge >= 0.3 is 6.03 Å². The van der Waals surface area contributed by atoms with Gasteiger partial charge in [-0.15, -0.1) is 0 Å². The minimum atomic E-state index is -0.482. The van der Waals surface area contributed by atoms with E-state index in [-0.39, 0.29) is 11.6 Å². The number of fused-ring (bicyclic) bond motifs is 1. The maximum absolute atomic E-state index is 13.8. The molecule has 1 heterocycles. The van der Waals surface area contributed by atoms with Gasteiger partial charge in [-0.05, 0) is 61.7 Å². The summed E-state index contributed by atoms with van der Waals surface area (Å²) in [6.45, 7) is 6.61. The lowest BCUT2D eigenvalue weighted by Gasteiger charge is -2.31. The molecule has 4 aromatic rings. The molecule has 7 heteroatoms. The zero-order valence-electron chi connectivity index (χ0n) is 21.9. The number of hydrogen-bond acceptors (Lipinski definition) is 4. The number of aryl methyl sites for hydroxylation is 1. The van der Waals surface area contributed by atoms with Gasteiger partial charge in [0.1, 0.15) is 11.6 Å². The Bertz CT molecular complexity index is 1430.